The first-order valence-electron chi connectivity index (χ1n) is 24.3. The summed E-state index contributed by atoms with van der Waals surface area (Å²) in [4.78, 5) is 69.5. The van der Waals surface area contributed by atoms with Crippen molar-refractivity contribution >= 4 is 55.9 Å². The monoisotopic (exact) mass is 987 g/mol. The maximum Gasteiger partial charge on any atom is 0.281 e. The van der Waals surface area contributed by atoms with Gasteiger partial charge in [-0.05, 0) is 132 Å². The van der Waals surface area contributed by atoms with Crippen molar-refractivity contribution in [1.29, 1.82) is 0 Å². The summed E-state index contributed by atoms with van der Waals surface area (Å²) >= 11 is 5.22. The quantitative estimate of drug-likeness (QED) is 0.127. The first-order valence-corrected chi connectivity index (χ1v) is 26.0. The van der Waals surface area contributed by atoms with E-state index in [2.05, 4.69) is 65.3 Å². The highest BCUT2D eigenvalue weighted by molar-refractivity contribution is 9.10. The number of aliphatic hydroxyl groups is 1. The van der Waals surface area contributed by atoms with Gasteiger partial charge in [0, 0.05) is 36.4 Å². The number of nitrogens with one attached hydrogen (secondary N) is 2. The van der Waals surface area contributed by atoms with Crippen LogP contribution in [-0.4, -0.2) is 91.5 Å². The van der Waals surface area contributed by atoms with Gasteiger partial charge in [-0.1, -0.05) is 82.5 Å². The predicted octanol–water partition coefficient (Wildman–Crippen LogP) is 8.16. The number of hydrogen-bond acceptors (Lipinski definition) is 9. The summed E-state index contributed by atoms with van der Waals surface area (Å²) in [6.07, 6.45) is 8.51. The fraction of sp³-hybridized carbons (Fsp3) is 0.509. The number of thiazole rings is 1. The molecule has 12 nitrogen and oxygen atoms in total. The van der Waals surface area contributed by atoms with E-state index in [1.807, 2.05) is 69.6 Å². The Kier molecular flexibility index (Phi) is 12.6. The minimum atomic E-state index is -0.844. The number of hydrogen-bond donors (Lipinski definition) is 3. The topological polar surface area (TPSA) is 150 Å². The van der Waals surface area contributed by atoms with Crippen LogP contribution in [0.25, 0.3) is 27.0 Å². The number of piperidine rings is 1. The number of halogens is 1. The van der Waals surface area contributed by atoms with E-state index in [1.165, 1.54) is 22.4 Å². The largest absolute Gasteiger partial charge is 0.391 e. The number of aromatic nitrogens is 3. The molecule has 2 aliphatic carbocycles. The zero-order valence-corrected chi connectivity index (χ0v) is 41.4. The van der Waals surface area contributed by atoms with Gasteiger partial charge in [-0.3, -0.25) is 23.7 Å². The minimum absolute atomic E-state index is 0.0432. The smallest absolute Gasteiger partial charge is 0.281 e. The molecule has 4 fully saturated rings. The maximum absolute atomic E-state index is 14.3. The molecule has 2 saturated heterocycles. The number of nitrogens with zero attached hydrogens (tertiary/aromatic N) is 5. The highest BCUT2D eigenvalue weighted by Gasteiger charge is 2.48. The van der Waals surface area contributed by atoms with Gasteiger partial charge in [0.1, 0.15) is 17.9 Å². The molecule has 2 saturated carbocycles. The molecule has 14 heteroatoms. The number of rotatable bonds is 10. The fourth-order valence-electron chi connectivity index (χ4n) is 11.9. The van der Waals surface area contributed by atoms with Crippen molar-refractivity contribution in [3.05, 3.63) is 109 Å². The molecular formula is C53H62BrN7O5S. The summed E-state index contributed by atoms with van der Waals surface area (Å²) in [6.45, 7) is 11.1. The Morgan fingerprint density at radius 2 is 1.72 bits per heavy atom. The number of carbonyl (C=O) groups is 3. The fourth-order valence-corrected chi connectivity index (χ4v) is 13.2. The summed E-state index contributed by atoms with van der Waals surface area (Å²) < 4.78 is 3.05. The first kappa shape index (κ1) is 46.0. The number of fused-ring (bicyclic) bond motifs is 7. The van der Waals surface area contributed by atoms with Crippen LogP contribution >= 0.6 is 27.3 Å². The molecule has 0 radical (unpaired) electrons. The van der Waals surface area contributed by atoms with Crippen LogP contribution in [-0.2, 0) is 26.3 Å². The number of likely N-dealkylation sites (tertiary alicyclic amines) is 2. The average Bonchev–Trinajstić information content (AvgIpc) is 3.99. The van der Waals surface area contributed by atoms with E-state index in [4.69, 9.17) is 4.98 Å². The van der Waals surface area contributed by atoms with Crippen molar-refractivity contribution < 1.29 is 19.5 Å². The number of aliphatic hydroxyl groups excluding tert-OH is 1. The normalized spacial score (nSPS) is 23.2. The summed E-state index contributed by atoms with van der Waals surface area (Å²) in [5, 5.41) is 17.4. The van der Waals surface area contributed by atoms with Crippen LogP contribution in [0.1, 0.15) is 119 Å². The summed E-state index contributed by atoms with van der Waals surface area (Å²) in [7, 11) is 0. The predicted molar refractivity (Wildman–Crippen MR) is 265 cm³/mol. The molecule has 352 valence electrons. The van der Waals surface area contributed by atoms with Gasteiger partial charge in [0.05, 0.1) is 44.2 Å². The van der Waals surface area contributed by atoms with Crippen molar-refractivity contribution in [3.63, 3.8) is 0 Å². The molecule has 0 bridgehead atoms. The van der Waals surface area contributed by atoms with Gasteiger partial charge < -0.3 is 25.5 Å². The molecule has 0 unspecified atom stereocenters. The number of β-amino-alcohol motifs (C(OH)–C–C–N with tert-alkyl or cyclic N) is 1. The van der Waals surface area contributed by atoms with Crippen LogP contribution in [0.2, 0.25) is 0 Å². The minimum Gasteiger partial charge on any atom is -0.391 e. The van der Waals surface area contributed by atoms with E-state index in [1.54, 1.807) is 11.3 Å². The Bertz CT molecular complexity index is 2760. The zero-order chi connectivity index (χ0) is 46.8. The van der Waals surface area contributed by atoms with Crippen LogP contribution in [0.3, 0.4) is 0 Å². The molecule has 3 aromatic carbocycles. The van der Waals surface area contributed by atoms with Crippen molar-refractivity contribution in [2.45, 2.75) is 128 Å². The number of benzene rings is 3. The molecule has 3 aliphatic heterocycles. The molecule has 5 heterocycles. The molecule has 5 aliphatic rings. The Labute approximate surface area is 405 Å². The maximum atomic E-state index is 14.3. The lowest BCUT2D eigenvalue weighted by molar-refractivity contribution is -0.145. The first-order chi connectivity index (χ1) is 32.2. The van der Waals surface area contributed by atoms with E-state index in [0.29, 0.717) is 23.8 Å². The lowest BCUT2D eigenvalue weighted by Crippen LogP contribution is -2.59. The second kappa shape index (κ2) is 18.3. The third-order valence-electron chi connectivity index (χ3n) is 15.7. The molecule has 3 atom stereocenters. The van der Waals surface area contributed by atoms with Gasteiger partial charge in [0.15, 0.2) is 0 Å². The standard InChI is InChI=1S/C53H62BrN7O5S/c1-31-45(67-30-56-31)35-13-11-32(12-14-35)27-55-48(64)43-26-38(62)29-60(43)50(66)46(52(2,3)4)57-47(63)37-23-33(24-37)28-59-21-17-34(18-22-59)36-15-16-41-39(25-36)53(19-6-5-7-20-53)51-58-49(65)44-40(54)9-8-10-42(44)61(41)51/h8-16,25,30,33-34,37-38,43,46,62H,5-7,17-24,26-29H2,1-4H3,(H,55,64)(H,57,63)/t33?,37?,38-,43+,46-/m1/s1. The Hall–Kier alpha value is -4.76. The molecule has 3 N–H and O–H groups in total. The highest BCUT2D eigenvalue weighted by atomic mass is 79.9. The second-order valence-electron chi connectivity index (χ2n) is 21.1. The van der Waals surface area contributed by atoms with Crippen LogP contribution < -0.4 is 16.2 Å². The van der Waals surface area contributed by atoms with Crippen LogP contribution in [0.5, 0.6) is 0 Å². The molecule has 3 amide bonds. The number of aryl methyl sites for hydroxylation is 1. The highest BCUT2D eigenvalue weighted by Crippen LogP contribution is 2.52. The molecule has 5 aromatic rings. The summed E-state index contributed by atoms with van der Waals surface area (Å²) in [5.41, 5.74) is 8.60. The lowest BCUT2D eigenvalue weighted by Gasteiger charge is -2.42. The van der Waals surface area contributed by atoms with Gasteiger partial charge in [-0.15, -0.1) is 11.3 Å². The van der Waals surface area contributed by atoms with Gasteiger partial charge in [-0.2, -0.15) is 4.98 Å². The van der Waals surface area contributed by atoms with Gasteiger partial charge >= 0.3 is 0 Å². The van der Waals surface area contributed by atoms with Crippen molar-refractivity contribution in [2.24, 2.45) is 17.3 Å². The Balaban J connectivity index is 0.730. The summed E-state index contributed by atoms with van der Waals surface area (Å²) in [5.74, 6) is 0.848. The SMILES string of the molecule is Cc1ncsc1-c1ccc(CNC(=O)[C@@H]2C[C@@H](O)CN2C(=O)[C@@H](NC(=O)C2CC(CN3CCC(c4ccc5c(c4)C4(CCCCC4)c4nc(=O)c6c(Br)cccc6n4-5)CC3)C2)C(C)(C)C)cc1. The third-order valence-corrected chi connectivity index (χ3v) is 17.3. The van der Waals surface area contributed by atoms with Crippen molar-refractivity contribution in [2.75, 3.05) is 26.2 Å². The van der Waals surface area contributed by atoms with Crippen molar-refractivity contribution in [3.8, 4) is 16.1 Å². The van der Waals surface area contributed by atoms with Gasteiger partial charge in [-0.25, -0.2) is 4.98 Å². The zero-order valence-electron chi connectivity index (χ0n) is 39.0. The van der Waals surface area contributed by atoms with E-state index in [0.717, 1.165) is 114 Å². The molecular weight excluding hydrogens is 927 g/mol. The molecule has 10 rings (SSSR count). The van der Waals surface area contributed by atoms with Gasteiger partial charge in [0.25, 0.3) is 5.56 Å². The Morgan fingerprint density at radius 1 is 0.970 bits per heavy atom. The number of amides is 3. The molecule has 67 heavy (non-hydrogen) atoms. The van der Waals surface area contributed by atoms with Crippen LogP contribution in [0.4, 0.5) is 0 Å². The van der Waals surface area contributed by atoms with Crippen LogP contribution in [0.15, 0.2) is 75.4 Å². The van der Waals surface area contributed by atoms with E-state index < -0.39 is 23.6 Å². The van der Waals surface area contributed by atoms with Crippen molar-refractivity contribution in [1.82, 2.24) is 35.0 Å². The van der Waals surface area contributed by atoms with Crippen LogP contribution in [0, 0.1) is 24.2 Å². The second-order valence-corrected chi connectivity index (χ2v) is 22.8. The van der Waals surface area contributed by atoms with E-state index >= 15 is 0 Å². The lowest BCUT2D eigenvalue weighted by atomic mass is 9.69. The molecule has 1 spiro atoms. The average molecular weight is 989 g/mol. The molecule has 2 aromatic heterocycles. The van der Waals surface area contributed by atoms with E-state index in [9.17, 15) is 24.3 Å². The van der Waals surface area contributed by atoms with Gasteiger partial charge in [0.2, 0.25) is 17.7 Å². The summed E-state index contributed by atoms with van der Waals surface area (Å²) in [6, 6.07) is 19.4. The number of carbonyl (C=O) groups excluding carboxylic acids is 3. The van der Waals surface area contributed by atoms with E-state index in [-0.39, 0.29) is 47.6 Å². The third kappa shape index (κ3) is 8.69. The Morgan fingerprint density at radius 3 is 2.42 bits per heavy atom.